The molecule has 1 aromatic carbocycles. The second-order valence-corrected chi connectivity index (χ2v) is 4.08. The van der Waals surface area contributed by atoms with Crippen molar-refractivity contribution < 1.29 is 14.6 Å². The van der Waals surface area contributed by atoms with Gasteiger partial charge in [0.05, 0.1) is 6.10 Å². The minimum atomic E-state index is -0.201. The van der Waals surface area contributed by atoms with Crippen molar-refractivity contribution in [3.8, 4) is 11.5 Å². The lowest BCUT2D eigenvalue weighted by molar-refractivity contribution is 0.160. The first-order valence-corrected chi connectivity index (χ1v) is 5.86. The highest BCUT2D eigenvalue weighted by Crippen LogP contribution is 2.31. The molecule has 3 nitrogen and oxygen atoms in total. The zero-order valence-corrected chi connectivity index (χ0v) is 9.61. The molecule has 0 spiro atoms. The van der Waals surface area contributed by atoms with Crippen LogP contribution >= 0.6 is 0 Å². The fraction of sp³-hybridized carbons (Fsp3) is 0.538. The van der Waals surface area contributed by atoms with E-state index >= 15 is 0 Å². The summed E-state index contributed by atoms with van der Waals surface area (Å²) < 4.78 is 11.0. The molecule has 1 aliphatic rings. The molecule has 0 amide bonds. The molecule has 1 heterocycles. The van der Waals surface area contributed by atoms with Crippen molar-refractivity contribution >= 4 is 0 Å². The lowest BCUT2D eigenvalue weighted by Crippen LogP contribution is -2.15. The predicted octanol–water partition coefficient (Wildman–Crippen LogP) is 2.16. The number of ether oxygens (including phenoxy) is 2. The molecule has 0 bridgehead atoms. The van der Waals surface area contributed by atoms with Crippen LogP contribution in [0.15, 0.2) is 18.2 Å². The molecule has 2 rings (SSSR count). The van der Waals surface area contributed by atoms with Gasteiger partial charge in [0, 0.05) is 0 Å². The van der Waals surface area contributed by atoms with Crippen LogP contribution in [0.2, 0.25) is 0 Å². The van der Waals surface area contributed by atoms with E-state index in [1.165, 1.54) is 5.56 Å². The predicted molar refractivity (Wildman–Crippen MR) is 62.1 cm³/mol. The largest absolute Gasteiger partial charge is 0.486 e. The van der Waals surface area contributed by atoms with Crippen LogP contribution in [0.1, 0.15) is 25.3 Å². The maximum absolute atomic E-state index is 9.50. The summed E-state index contributed by atoms with van der Waals surface area (Å²) in [5.74, 6) is 1.65. The van der Waals surface area contributed by atoms with Crippen LogP contribution in [0.25, 0.3) is 0 Å². The Morgan fingerprint density at radius 2 is 2.00 bits per heavy atom. The Morgan fingerprint density at radius 1 is 1.25 bits per heavy atom. The van der Waals surface area contributed by atoms with Crippen LogP contribution in [-0.4, -0.2) is 24.4 Å². The maximum atomic E-state index is 9.50. The Balaban J connectivity index is 2.00. The number of fused-ring (bicyclic) bond motifs is 1. The molecule has 16 heavy (non-hydrogen) atoms. The maximum Gasteiger partial charge on any atom is 0.161 e. The van der Waals surface area contributed by atoms with Gasteiger partial charge in [0.15, 0.2) is 11.5 Å². The fourth-order valence-electron chi connectivity index (χ4n) is 1.78. The third-order valence-electron chi connectivity index (χ3n) is 2.84. The van der Waals surface area contributed by atoms with Gasteiger partial charge in [-0.15, -0.1) is 0 Å². The Labute approximate surface area is 96.0 Å². The van der Waals surface area contributed by atoms with E-state index in [9.17, 15) is 5.11 Å². The summed E-state index contributed by atoms with van der Waals surface area (Å²) in [6.45, 7) is 3.24. The lowest BCUT2D eigenvalue weighted by atomic mass is 10.0. The first-order chi connectivity index (χ1) is 7.79. The topological polar surface area (TPSA) is 38.7 Å². The summed E-state index contributed by atoms with van der Waals surface area (Å²) in [5.41, 5.74) is 1.19. The van der Waals surface area contributed by atoms with Gasteiger partial charge in [-0.1, -0.05) is 13.0 Å². The molecule has 3 heteroatoms. The van der Waals surface area contributed by atoms with Crippen LogP contribution in [0.5, 0.6) is 11.5 Å². The monoisotopic (exact) mass is 222 g/mol. The van der Waals surface area contributed by atoms with E-state index < -0.39 is 0 Å². The highest BCUT2D eigenvalue weighted by Gasteiger charge is 2.11. The SMILES string of the molecule is CCC(O)CCc1ccc2c(c1)OCCO2. The summed E-state index contributed by atoms with van der Waals surface area (Å²) >= 11 is 0. The molecule has 0 saturated heterocycles. The molecule has 1 aliphatic heterocycles. The zero-order chi connectivity index (χ0) is 11.4. The molecule has 0 radical (unpaired) electrons. The molecule has 1 N–H and O–H groups in total. The molecule has 0 saturated carbocycles. The molecule has 0 aliphatic carbocycles. The lowest BCUT2D eigenvalue weighted by Gasteiger charge is -2.19. The van der Waals surface area contributed by atoms with Crippen molar-refractivity contribution in [1.29, 1.82) is 0 Å². The summed E-state index contributed by atoms with van der Waals surface area (Å²) in [6.07, 6.45) is 2.29. The Bertz CT molecular complexity index is 349. The molecule has 1 unspecified atom stereocenters. The van der Waals surface area contributed by atoms with Gasteiger partial charge in [-0.25, -0.2) is 0 Å². The number of rotatable bonds is 4. The van der Waals surface area contributed by atoms with E-state index in [0.717, 1.165) is 30.8 Å². The first kappa shape index (κ1) is 11.3. The third kappa shape index (κ3) is 2.67. The standard InChI is InChI=1S/C13H18O3/c1-2-11(14)5-3-10-4-6-12-13(9-10)16-8-7-15-12/h4,6,9,11,14H,2-3,5,7-8H2,1H3. The van der Waals surface area contributed by atoms with Gasteiger partial charge in [-0.2, -0.15) is 0 Å². The molecule has 0 aromatic heterocycles. The van der Waals surface area contributed by atoms with Gasteiger partial charge in [-0.05, 0) is 37.0 Å². The van der Waals surface area contributed by atoms with Crippen LogP contribution in [0, 0.1) is 0 Å². The van der Waals surface area contributed by atoms with Crippen molar-refractivity contribution in [2.24, 2.45) is 0 Å². The van der Waals surface area contributed by atoms with Crippen LogP contribution in [0.4, 0.5) is 0 Å². The minimum absolute atomic E-state index is 0.201. The van der Waals surface area contributed by atoms with Crippen LogP contribution < -0.4 is 9.47 Å². The zero-order valence-electron chi connectivity index (χ0n) is 9.61. The number of hydrogen-bond donors (Lipinski definition) is 1. The highest BCUT2D eigenvalue weighted by molar-refractivity contribution is 5.43. The number of aliphatic hydroxyl groups excluding tert-OH is 1. The van der Waals surface area contributed by atoms with E-state index in [1.807, 2.05) is 25.1 Å². The van der Waals surface area contributed by atoms with Gasteiger partial charge in [0.25, 0.3) is 0 Å². The van der Waals surface area contributed by atoms with Crippen molar-refractivity contribution in [3.63, 3.8) is 0 Å². The van der Waals surface area contributed by atoms with Crippen LogP contribution in [0.3, 0.4) is 0 Å². The fourth-order valence-corrected chi connectivity index (χ4v) is 1.78. The molecule has 88 valence electrons. The summed E-state index contributed by atoms with van der Waals surface area (Å²) in [4.78, 5) is 0. The van der Waals surface area contributed by atoms with E-state index in [2.05, 4.69) is 0 Å². The van der Waals surface area contributed by atoms with Gasteiger partial charge in [0.1, 0.15) is 13.2 Å². The first-order valence-electron chi connectivity index (χ1n) is 5.86. The van der Waals surface area contributed by atoms with Gasteiger partial charge in [0.2, 0.25) is 0 Å². The quantitative estimate of drug-likeness (QED) is 0.848. The molecular weight excluding hydrogens is 204 g/mol. The van der Waals surface area contributed by atoms with Gasteiger partial charge in [-0.3, -0.25) is 0 Å². The van der Waals surface area contributed by atoms with Crippen molar-refractivity contribution in [3.05, 3.63) is 23.8 Å². The molecule has 1 atom stereocenters. The number of aryl methyl sites for hydroxylation is 1. The van der Waals surface area contributed by atoms with E-state index in [0.29, 0.717) is 13.2 Å². The van der Waals surface area contributed by atoms with E-state index in [4.69, 9.17) is 9.47 Å². The number of benzene rings is 1. The Hall–Kier alpha value is -1.22. The molecular formula is C13H18O3. The molecule has 1 aromatic rings. The van der Waals surface area contributed by atoms with Crippen molar-refractivity contribution in [1.82, 2.24) is 0 Å². The van der Waals surface area contributed by atoms with E-state index in [1.54, 1.807) is 0 Å². The average molecular weight is 222 g/mol. The third-order valence-corrected chi connectivity index (χ3v) is 2.84. The smallest absolute Gasteiger partial charge is 0.161 e. The van der Waals surface area contributed by atoms with Crippen molar-refractivity contribution in [2.75, 3.05) is 13.2 Å². The number of hydrogen-bond acceptors (Lipinski definition) is 3. The minimum Gasteiger partial charge on any atom is -0.486 e. The summed E-state index contributed by atoms with van der Waals surface area (Å²) in [6, 6.07) is 5.99. The number of aliphatic hydroxyl groups is 1. The normalized spacial score (nSPS) is 15.9. The second-order valence-electron chi connectivity index (χ2n) is 4.08. The summed E-state index contributed by atoms with van der Waals surface area (Å²) in [5, 5.41) is 9.50. The van der Waals surface area contributed by atoms with E-state index in [-0.39, 0.29) is 6.10 Å². The highest BCUT2D eigenvalue weighted by atomic mass is 16.6. The Morgan fingerprint density at radius 3 is 2.75 bits per heavy atom. The average Bonchev–Trinajstić information content (AvgIpc) is 2.35. The van der Waals surface area contributed by atoms with Gasteiger partial charge >= 0.3 is 0 Å². The molecule has 0 fully saturated rings. The summed E-state index contributed by atoms with van der Waals surface area (Å²) in [7, 11) is 0. The van der Waals surface area contributed by atoms with Crippen LogP contribution in [-0.2, 0) is 6.42 Å². The second kappa shape index (κ2) is 5.21. The van der Waals surface area contributed by atoms with Gasteiger partial charge < -0.3 is 14.6 Å². The van der Waals surface area contributed by atoms with Crippen molar-refractivity contribution in [2.45, 2.75) is 32.3 Å². The Kier molecular flexibility index (Phi) is 3.67.